The second-order valence-electron chi connectivity index (χ2n) is 15.0. The van der Waals surface area contributed by atoms with Crippen LogP contribution in [0.4, 0.5) is 87.8 Å². The lowest BCUT2D eigenvalue weighted by Crippen LogP contribution is -2.81. The largest absolute Gasteiger partial charge is 0.287 e. The second kappa shape index (κ2) is 21.3. The lowest BCUT2D eigenvalue weighted by Gasteiger charge is -2.44. The molecule has 362 valence electrons. The fraction of sp³-hybridized carbons (Fsp3) is 0.200. The summed E-state index contributed by atoms with van der Waals surface area (Å²) in [5.74, 6) is -71.3. The quantitative estimate of drug-likeness (QED) is 0.0203. The van der Waals surface area contributed by atoms with Gasteiger partial charge in [-0.15, -0.1) is 21.9 Å². The summed E-state index contributed by atoms with van der Waals surface area (Å²) in [5, 5.41) is 0. The molecule has 1 aromatic heterocycles. The lowest BCUT2D eigenvalue weighted by atomic mass is 9.12. The Bertz CT molecular complexity index is 2500. The average molecular weight is 989 g/mol. The molecule has 0 aliphatic carbocycles. The van der Waals surface area contributed by atoms with E-state index in [4.69, 9.17) is 0 Å². The SMILES string of the molecule is CCCCCCCCc1cc[n+](CC(=O)c2ccccc2)cc1.Fc1c(F)c(F)c([B-](c2c(F)c(F)c(F)c(F)c2F)(c2c(F)c(F)c(F)c(F)c2F)c2c(F)c(F)c(F)c(F)c2F)c(F)c1F. The number of nitrogens with zero attached hydrogens (tertiary/aromatic N) is 1. The van der Waals surface area contributed by atoms with Crippen LogP contribution >= 0.6 is 0 Å². The summed E-state index contributed by atoms with van der Waals surface area (Å²) in [7, 11) is 0. The van der Waals surface area contributed by atoms with E-state index >= 15 is 35.1 Å². The summed E-state index contributed by atoms with van der Waals surface area (Å²) < 4.78 is 296. The maximum absolute atomic E-state index is 15.4. The van der Waals surface area contributed by atoms with Crippen molar-refractivity contribution in [1.82, 2.24) is 0 Å². The van der Waals surface area contributed by atoms with Gasteiger partial charge in [0, 0.05) is 17.7 Å². The Kier molecular flexibility index (Phi) is 16.4. The number of carbonyl (C=O) groups is 1. The van der Waals surface area contributed by atoms with Crippen molar-refractivity contribution in [3.63, 3.8) is 0 Å². The minimum absolute atomic E-state index is 0.152. The number of aromatic nitrogens is 1. The molecular formula is C45H28BF20NO. The highest BCUT2D eigenvalue weighted by atomic mass is 19.2. The Morgan fingerprint density at radius 2 is 0.662 bits per heavy atom. The van der Waals surface area contributed by atoms with Gasteiger partial charge in [0.1, 0.15) is 52.7 Å². The van der Waals surface area contributed by atoms with E-state index in [1.165, 1.54) is 44.1 Å². The average Bonchev–Trinajstić information content (AvgIpc) is 3.33. The van der Waals surface area contributed by atoms with E-state index in [0.717, 1.165) is 12.0 Å². The third kappa shape index (κ3) is 9.39. The topological polar surface area (TPSA) is 20.9 Å². The van der Waals surface area contributed by atoms with Gasteiger partial charge in [0.15, 0.2) is 82.2 Å². The van der Waals surface area contributed by atoms with Gasteiger partial charge in [0.25, 0.3) is 0 Å². The Labute approximate surface area is 371 Å². The zero-order valence-corrected chi connectivity index (χ0v) is 34.3. The number of unbranched alkanes of at least 4 members (excludes halogenated alkanes) is 5. The summed E-state index contributed by atoms with van der Waals surface area (Å²) in [5.41, 5.74) is -12.2. The Hall–Kier alpha value is -6.42. The van der Waals surface area contributed by atoms with E-state index in [1.807, 2.05) is 47.3 Å². The van der Waals surface area contributed by atoms with Crippen LogP contribution in [0.2, 0.25) is 0 Å². The predicted octanol–water partition coefficient (Wildman–Crippen LogP) is 10.6. The van der Waals surface area contributed by atoms with Crippen molar-refractivity contribution in [2.24, 2.45) is 0 Å². The first-order valence-electron chi connectivity index (χ1n) is 19.8. The summed E-state index contributed by atoms with van der Waals surface area (Å²) in [4.78, 5) is 12.2. The van der Waals surface area contributed by atoms with Gasteiger partial charge >= 0.3 is 0 Å². The van der Waals surface area contributed by atoms with Crippen molar-refractivity contribution >= 4 is 33.8 Å². The zero-order chi connectivity index (χ0) is 50.7. The fourth-order valence-corrected chi connectivity index (χ4v) is 7.63. The number of benzene rings is 5. The molecule has 0 spiro atoms. The van der Waals surface area contributed by atoms with Crippen molar-refractivity contribution in [1.29, 1.82) is 0 Å². The molecule has 68 heavy (non-hydrogen) atoms. The van der Waals surface area contributed by atoms with Crippen LogP contribution in [0.3, 0.4) is 0 Å². The molecule has 2 nitrogen and oxygen atoms in total. The van der Waals surface area contributed by atoms with E-state index in [2.05, 4.69) is 19.1 Å². The molecule has 0 aliphatic rings. The first-order chi connectivity index (χ1) is 32.0. The number of Topliss-reactive ketones (excluding diaryl/α,β-unsaturated/α-hetero) is 1. The van der Waals surface area contributed by atoms with Gasteiger partial charge in [-0.3, -0.25) is 4.79 Å². The van der Waals surface area contributed by atoms with Gasteiger partial charge < -0.3 is 0 Å². The number of rotatable bonds is 14. The Morgan fingerprint density at radius 1 is 0.382 bits per heavy atom. The third-order valence-electron chi connectivity index (χ3n) is 10.9. The third-order valence-corrected chi connectivity index (χ3v) is 10.9. The van der Waals surface area contributed by atoms with Crippen LogP contribution in [0.25, 0.3) is 0 Å². The van der Waals surface area contributed by atoms with Gasteiger partial charge in [0.05, 0.1) is 0 Å². The Balaban J connectivity index is 0.000000314. The van der Waals surface area contributed by atoms with Crippen molar-refractivity contribution in [3.8, 4) is 0 Å². The van der Waals surface area contributed by atoms with Crippen LogP contribution in [0.5, 0.6) is 0 Å². The molecule has 0 saturated carbocycles. The summed E-state index contributed by atoms with van der Waals surface area (Å²) in [6.07, 6.45) is 5.93. The highest BCUT2D eigenvalue weighted by Crippen LogP contribution is 2.31. The molecule has 0 radical (unpaired) electrons. The van der Waals surface area contributed by atoms with Gasteiger partial charge in [0.2, 0.25) is 12.3 Å². The second-order valence-corrected chi connectivity index (χ2v) is 15.0. The number of hydrogen-bond acceptors (Lipinski definition) is 1. The molecule has 5 aromatic carbocycles. The molecule has 0 unspecified atom stereocenters. The van der Waals surface area contributed by atoms with E-state index in [9.17, 15) is 57.5 Å². The smallest absolute Gasteiger partial charge is 0.227 e. The highest BCUT2D eigenvalue weighted by molar-refractivity contribution is 7.20. The molecule has 1 heterocycles. The number of ketones is 1. The van der Waals surface area contributed by atoms with Crippen molar-refractivity contribution in [3.05, 3.63) is 182 Å². The maximum Gasteiger partial charge on any atom is 0.227 e. The van der Waals surface area contributed by atoms with Crippen molar-refractivity contribution in [2.75, 3.05) is 0 Å². The van der Waals surface area contributed by atoms with Gasteiger partial charge in [-0.05, 0) is 18.4 Å². The van der Waals surface area contributed by atoms with Crippen LogP contribution in [0.1, 0.15) is 61.4 Å². The molecule has 6 aromatic rings. The monoisotopic (exact) mass is 989 g/mol. The highest BCUT2D eigenvalue weighted by Gasteiger charge is 2.52. The first-order valence-corrected chi connectivity index (χ1v) is 19.8. The van der Waals surface area contributed by atoms with Crippen molar-refractivity contribution in [2.45, 2.75) is 58.4 Å². The molecule has 0 fully saturated rings. The van der Waals surface area contributed by atoms with E-state index in [1.54, 1.807) is 0 Å². The van der Waals surface area contributed by atoms with Crippen LogP contribution in [0, 0.1) is 116 Å². The molecule has 0 bridgehead atoms. The van der Waals surface area contributed by atoms with Crippen LogP contribution in [0.15, 0.2) is 54.9 Å². The minimum Gasteiger partial charge on any atom is -0.287 e. The molecule has 0 aliphatic heterocycles. The summed E-state index contributed by atoms with van der Waals surface area (Å²) in [6.45, 7) is 2.66. The molecule has 6 rings (SSSR count). The summed E-state index contributed by atoms with van der Waals surface area (Å²) in [6, 6.07) is 13.8. The molecule has 23 heteroatoms. The van der Waals surface area contributed by atoms with Crippen LogP contribution in [-0.4, -0.2) is 11.9 Å². The van der Waals surface area contributed by atoms with Gasteiger partial charge in [-0.1, -0.05) is 69.4 Å². The van der Waals surface area contributed by atoms with E-state index in [0.29, 0.717) is 6.54 Å². The number of carbonyl (C=O) groups excluding carboxylic acids is 1. The minimum atomic E-state index is -7.22. The lowest BCUT2D eigenvalue weighted by molar-refractivity contribution is -0.683. The predicted molar refractivity (Wildman–Crippen MR) is 204 cm³/mol. The normalized spacial score (nSPS) is 11.5. The first kappa shape index (κ1) is 52.6. The van der Waals surface area contributed by atoms with Gasteiger partial charge in [-0.2, -0.15) is 4.57 Å². The number of aryl methyl sites for hydroxylation is 1. The number of halogens is 20. The van der Waals surface area contributed by atoms with Gasteiger partial charge in [-0.25, -0.2) is 87.8 Å². The van der Waals surface area contributed by atoms with Crippen LogP contribution in [-0.2, 0) is 13.0 Å². The van der Waals surface area contributed by atoms with Crippen LogP contribution < -0.4 is 26.4 Å². The van der Waals surface area contributed by atoms with E-state index < -0.39 is 144 Å². The zero-order valence-electron chi connectivity index (χ0n) is 34.3. The maximum atomic E-state index is 15.4. The Morgan fingerprint density at radius 3 is 0.971 bits per heavy atom. The standard InChI is InChI=1S/C24BF20.C21H28NO/c26-5-1(6(27)14(35)21(42)13(5)34)25(2-7(28)15(36)22(43)16(37)8(2)29,3-9(30)17(38)23(44)18(39)10(3)31)4-11(32)19(40)24(45)20(41)12(4)33;1-2-3-4-5-6-8-11-19-14-16-22(17-15-19)18-21(23)20-12-9-7-10-13-20/h;7,9-10,12-17H,2-6,8,11,18H2,1H3/q-1;+1. The number of hydrogen-bond donors (Lipinski definition) is 0. The summed E-state index contributed by atoms with van der Waals surface area (Å²) >= 11 is 0. The molecule has 0 atom stereocenters. The molecular weight excluding hydrogens is 961 g/mol. The molecule has 0 amide bonds. The number of pyridine rings is 1. The fourth-order valence-electron chi connectivity index (χ4n) is 7.63. The molecule has 0 N–H and O–H groups in total. The van der Waals surface area contributed by atoms with Crippen molar-refractivity contribution < 1.29 is 97.2 Å². The molecule has 0 saturated heterocycles. The van der Waals surface area contributed by atoms with E-state index in [-0.39, 0.29) is 5.78 Å².